The van der Waals surface area contributed by atoms with Gasteiger partial charge in [0.15, 0.2) is 5.82 Å². The Bertz CT molecular complexity index is 1340. The van der Waals surface area contributed by atoms with Crippen LogP contribution in [0.1, 0.15) is 11.5 Å². The first kappa shape index (κ1) is 18.0. The molecule has 1 N–H and O–H groups in total. The molecule has 146 valence electrons. The number of pyridine rings is 1. The zero-order valence-corrected chi connectivity index (χ0v) is 16.7. The summed E-state index contributed by atoms with van der Waals surface area (Å²) in [6.07, 6.45) is 0. The Balaban J connectivity index is 1.54. The van der Waals surface area contributed by atoms with Gasteiger partial charge in [-0.15, -0.1) is 0 Å². The van der Waals surface area contributed by atoms with E-state index in [1.54, 1.807) is 4.68 Å². The van der Waals surface area contributed by atoms with Crippen molar-refractivity contribution in [3.63, 3.8) is 0 Å². The fraction of sp³-hybridized carbons (Fsp3) is 0.0833. The number of nitrogens with one attached hydrogen (secondary N) is 1. The minimum Gasteiger partial charge on any atom is -0.325 e. The average Bonchev–Trinajstić information content (AvgIpc) is 3.13. The highest BCUT2D eigenvalue weighted by Crippen LogP contribution is 2.24. The van der Waals surface area contributed by atoms with Crippen molar-refractivity contribution in [1.29, 1.82) is 0 Å². The number of aryl methyl sites for hydroxylation is 2. The number of hydrogen-bond donors (Lipinski definition) is 1. The molecule has 0 aliphatic carbocycles. The first-order valence-corrected chi connectivity index (χ1v) is 9.77. The summed E-state index contributed by atoms with van der Waals surface area (Å²) in [7, 11) is 0. The third-order valence-corrected chi connectivity index (χ3v) is 4.80. The van der Waals surface area contributed by atoms with E-state index in [-0.39, 0.29) is 0 Å². The first-order valence-electron chi connectivity index (χ1n) is 9.77. The van der Waals surface area contributed by atoms with Gasteiger partial charge in [-0.05, 0) is 32.0 Å². The van der Waals surface area contributed by atoms with Crippen molar-refractivity contribution < 1.29 is 0 Å². The van der Waals surface area contributed by atoms with Crippen molar-refractivity contribution in [3.8, 4) is 17.1 Å². The SMILES string of the molecule is Cc1cc(Nc2cc(-c3ccccc3)nc(C)n2)n(-c2ccc3ccccc3n2)n1. The number of para-hydroxylation sites is 1. The van der Waals surface area contributed by atoms with E-state index in [1.807, 2.05) is 86.6 Å². The minimum atomic E-state index is 0.700. The van der Waals surface area contributed by atoms with Crippen molar-refractivity contribution in [2.75, 3.05) is 5.32 Å². The quantitative estimate of drug-likeness (QED) is 0.453. The van der Waals surface area contributed by atoms with Crippen molar-refractivity contribution in [3.05, 3.63) is 90.4 Å². The Morgan fingerprint density at radius 1 is 0.767 bits per heavy atom. The molecule has 3 aromatic heterocycles. The molecule has 5 rings (SSSR count). The fourth-order valence-electron chi connectivity index (χ4n) is 3.46. The highest BCUT2D eigenvalue weighted by Gasteiger charge is 2.12. The molecule has 0 aliphatic heterocycles. The van der Waals surface area contributed by atoms with E-state index in [1.165, 1.54) is 0 Å². The minimum absolute atomic E-state index is 0.700. The van der Waals surface area contributed by atoms with Crippen LogP contribution < -0.4 is 5.32 Å². The largest absolute Gasteiger partial charge is 0.325 e. The standard InChI is InChI=1S/C24H20N6/c1-16-14-24(30(29-16)23-13-12-19-10-6-7-11-20(19)27-23)28-22-15-21(25-17(2)26-22)18-8-4-3-5-9-18/h3-15H,1-2H3,(H,25,26,28). The number of nitrogens with zero attached hydrogens (tertiary/aromatic N) is 5. The molecule has 0 saturated heterocycles. The lowest BCUT2D eigenvalue weighted by atomic mass is 10.1. The van der Waals surface area contributed by atoms with Crippen molar-refractivity contribution in [2.45, 2.75) is 13.8 Å². The number of aromatic nitrogens is 5. The molecule has 0 atom stereocenters. The van der Waals surface area contributed by atoms with Crippen LogP contribution in [0.3, 0.4) is 0 Å². The van der Waals surface area contributed by atoms with Crippen LogP contribution in [0.25, 0.3) is 28.0 Å². The van der Waals surface area contributed by atoms with Crippen molar-refractivity contribution in [2.24, 2.45) is 0 Å². The van der Waals surface area contributed by atoms with E-state index in [0.717, 1.165) is 39.5 Å². The maximum absolute atomic E-state index is 4.77. The summed E-state index contributed by atoms with van der Waals surface area (Å²) >= 11 is 0. The van der Waals surface area contributed by atoms with E-state index < -0.39 is 0 Å². The molecule has 0 spiro atoms. The normalized spacial score (nSPS) is 11.0. The summed E-state index contributed by atoms with van der Waals surface area (Å²) in [5.41, 5.74) is 3.74. The smallest absolute Gasteiger partial charge is 0.156 e. The second kappa shape index (κ2) is 7.40. The molecule has 0 amide bonds. The first-order chi connectivity index (χ1) is 14.7. The summed E-state index contributed by atoms with van der Waals surface area (Å²) < 4.78 is 1.81. The van der Waals surface area contributed by atoms with Crippen LogP contribution in [-0.2, 0) is 0 Å². The highest BCUT2D eigenvalue weighted by atomic mass is 15.4. The van der Waals surface area contributed by atoms with Gasteiger partial charge in [0, 0.05) is 23.1 Å². The Labute approximate surface area is 174 Å². The van der Waals surface area contributed by atoms with Crippen LogP contribution >= 0.6 is 0 Å². The van der Waals surface area contributed by atoms with Crippen LogP contribution in [0, 0.1) is 13.8 Å². The van der Waals surface area contributed by atoms with Crippen LogP contribution in [-0.4, -0.2) is 24.7 Å². The molecule has 2 aromatic carbocycles. The molecule has 0 bridgehead atoms. The molecular weight excluding hydrogens is 372 g/mol. The monoisotopic (exact) mass is 392 g/mol. The molecule has 30 heavy (non-hydrogen) atoms. The summed E-state index contributed by atoms with van der Waals surface area (Å²) in [6, 6.07) is 26.1. The number of fused-ring (bicyclic) bond motifs is 1. The maximum atomic E-state index is 4.77. The van der Waals surface area contributed by atoms with Gasteiger partial charge in [0.05, 0.1) is 16.9 Å². The second-order valence-electron chi connectivity index (χ2n) is 7.12. The molecule has 0 aliphatic rings. The molecule has 0 fully saturated rings. The Morgan fingerprint density at radius 2 is 1.57 bits per heavy atom. The molecule has 0 unspecified atom stereocenters. The Kier molecular flexibility index (Phi) is 4.44. The van der Waals surface area contributed by atoms with Crippen molar-refractivity contribution in [1.82, 2.24) is 24.7 Å². The van der Waals surface area contributed by atoms with E-state index >= 15 is 0 Å². The van der Waals surface area contributed by atoms with Gasteiger partial charge < -0.3 is 5.32 Å². The number of benzene rings is 2. The van der Waals surface area contributed by atoms with Crippen LogP contribution in [0.15, 0.2) is 78.9 Å². The zero-order valence-electron chi connectivity index (χ0n) is 16.7. The van der Waals surface area contributed by atoms with Gasteiger partial charge in [0.2, 0.25) is 0 Å². The van der Waals surface area contributed by atoms with Gasteiger partial charge in [0.1, 0.15) is 17.5 Å². The van der Waals surface area contributed by atoms with E-state index in [4.69, 9.17) is 4.98 Å². The summed E-state index contributed by atoms with van der Waals surface area (Å²) in [5.74, 6) is 2.96. The lowest BCUT2D eigenvalue weighted by molar-refractivity contribution is 0.843. The predicted molar refractivity (Wildman–Crippen MR) is 119 cm³/mol. The van der Waals surface area contributed by atoms with E-state index in [2.05, 4.69) is 26.4 Å². The van der Waals surface area contributed by atoms with Gasteiger partial charge in [0.25, 0.3) is 0 Å². The molecule has 5 aromatic rings. The van der Waals surface area contributed by atoms with E-state index in [0.29, 0.717) is 11.6 Å². The molecule has 6 nitrogen and oxygen atoms in total. The maximum Gasteiger partial charge on any atom is 0.156 e. The summed E-state index contributed by atoms with van der Waals surface area (Å²) in [5, 5.41) is 9.13. The lowest BCUT2D eigenvalue weighted by Gasteiger charge is -2.11. The van der Waals surface area contributed by atoms with Crippen LogP contribution in [0.4, 0.5) is 11.6 Å². The lowest BCUT2D eigenvalue weighted by Crippen LogP contribution is -2.06. The van der Waals surface area contributed by atoms with Gasteiger partial charge in [-0.1, -0.05) is 48.5 Å². The number of rotatable bonds is 4. The molecule has 0 radical (unpaired) electrons. The topological polar surface area (TPSA) is 68.5 Å². The van der Waals surface area contributed by atoms with E-state index in [9.17, 15) is 0 Å². The van der Waals surface area contributed by atoms with Crippen molar-refractivity contribution >= 4 is 22.5 Å². The second-order valence-corrected chi connectivity index (χ2v) is 7.12. The van der Waals surface area contributed by atoms with Crippen LogP contribution in [0.5, 0.6) is 0 Å². The van der Waals surface area contributed by atoms with Gasteiger partial charge in [-0.2, -0.15) is 9.78 Å². The Morgan fingerprint density at radius 3 is 2.43 bits per heavy atom. The van der Waals surface area contributed by atoms with Gasteiger partial charge >= 0.3 is 0 Å². The Hall–Kier alpha value is -4.06. The summed E-state index contributed by atoms with van der Waals surface area (Å²) in [4.78, 5) is 13.9. The van der Waals surface area contributed by atoms with Gasteiger partial charge in [-0.25, -0.2) is 15.0 Å². The zero-order chi connectivity index (χ0) is 20.5. The van der Waals surface area contributed by atoms with Gasteiger partial charge in [-0.3, -0.25) is 0 Å². The van der Waals surface area contributed by atoms with Crippen LogP contribution in [0.2, 0.25) is 0 Å². The predicted octanol–water partition coefficient (Wildman–Crippen LogP) is 5.24. The molecule has 6 heteroatoms. The molecule has 0 saturated carbocycles. The average molecular weight is 392 g/mol. The number of hydrogen-bond acceptors (Lipinski definition) is 5. The number of anilines is 2. The molecular formula is C24H20N6. The fourth-order valence-corrected chi connectivity index (χ4v) is 3.46. The highest BCUT2D eigenvalue weighted by molar-refractivity contribution is 5.79. The summed E-state index contributed by atoms with van der Waals surface area (Å²) in [6.45, 7) is 3.86. The third-order valence-electron chi connectivity index (χ3n) is 4.80. The third kappa shape index (κ3) is 3.51. The molecule has 3 heterocycles.